The average Bonchev–Trinajstić information content (AvgIpc) is 2.32. The van der Waals surface area contributed by atoms with Crippen LogP contribution in [0.25, 0.3) is 11.3 Å². The van der Waals surface area contributed by atoms with E-state index >= 15 is 0 Å². The molecule has 0 amide bonds. The molecule has 0 atom stereocenters. The highest BCUT2D eigenvalue weighted by Gasteiger charge is 1.99. The Bertz CT molecular complexity index is 445. The van der Waals surface area contributed by atoms with Crippen LogP contribution in [-0.2, 0) is 6.42 Å². The van der Waals surface area contributed by atoms with Gasteiger partial charge in [0.2, 0.25) is 0 Å². The van der Waals surface area contributed by atoms with E-state index in [4.69, 9.17) is 0 Å². The topological polar surface area (TPSA) is 12.9 Å². The first-order valence-corrected chi connectivity index (χ1v) is 5.50. The summed E-state index contributed by atoms with van der Waals surface area (Å²) in [5.41, 5.74) is 3.08. The maximum atomic E-state index is 12.7. The molecule has 1 aromatic heterocycles. The molecule has 1 nitrogen and oxygen atoms in total. The third-order valence-corrected chi connectivity index (χ3v) is 2.50. The lowest BCUT2D eigenvalue weighted by molar-refractivity contribution is 0.628. The van der Waals surface area contributed by atoms with Crippen molar-refractivity contribution < 1.29 is 4.39 Å². The van der Waals surface area contributed by atoms with Crippen LogP contribution in [0.3, 0.4) is 0 Å². The lowest BCUT2D eigenvalue weighted by Crippen LogP contribution is -1.88. The van der Waals surface area contributed by atoms with E-state index in [2.05, 4.69) is 18.0 Å². The molecular formula is C14H14FN. The normalized spacial score (nSPS) is 10.4. The fraction of sp³-hybridized carbons (Fsp3) is 0.214. The summed E-state index contributed by atoms with van der Waals surface area (Å²) in [6, 6.07) is 10.5. The molecule has 0 aliphatic rings. The Morgan fingerprint density at radius 2 is 1.81 bits per heavy atom. The second kappa shape index (κ2) is 4.88. The van der Waals surface area contributed by atoms with Crippen molar-refractivity contribution in [2.75, 3.05) is 0 Å². The van der Waals surface area contributed by atoms with Gasteiger partial charge in [-0.25, -0.2) is 4.39 Å². The number of nitrogens with zero attached hydrogens (tertiary/aromatic N) is 1. The van der Waals surface area contributed by atoms with Crippen molar-refractivity contribution in [1.82, 2.24) is 4.98 Å². The van der Waals surface area contributed by atoms with Gasteiger partial charge in [-0.15, -0.1) is 0 Å². The minimum Gasteiger partial charge on any atom is -0.256 e. The molecule has 2 rings (SSSR count). The van der Waals surface area contributed by atoms with Crippen LogP contribution in [0.5, 0.6) is 0 Å². The first-order chi connectivity index (χ1) is 7.79. The van der Waals surface area contributed by atoms with Crippen LogP contribution in [-0.4, -0.2) is 4.98 Å². The minimum atomic E-state index is -0.216. The maximum Gasteiger partial charge on any atom is 0.123 e. The maximum absolute atomic E-state index is 12.7. The summed E-state index contributed by atoms with van der Waals surface area (Å²) in [4.78, 5) is 4.37. The number of hydrogen-bond donors (Lipinski definition) is 0. The van der Waals surface area contributed by atoms with Crippen LogP contribution in [0, 0.1) is 5.82 Å². The Hall–Kier alpha value is -1.70. The van der Waals surface area contributed by atoms with Gasteiger partial charge in [-0.3, -0.25) is 4.98 Å². The molecule has 16 heavy (non-hydrogen) atoms. The van der Waals surface area contributed by atoms with Crippen molar-refractivity contribution in [3.8, 4) is 11.3 Å². The van der Waals surface area contributed by atoms with Gasteiger partial charge < -0.3 is 0 Å². The predicted molar refractivity (Wildman–Crippen MR) is 63.6 cm³/mol. The molecule has 0 saturated carbocycles. The van der Waals surface area contributed by atoms with E-state index in [1.807, 2.05) is 12.3 Å². The van der Waals surface area contributed by atoms with Gasteiger partial charge in [-0.2, -0.15) is 0 Å². The first-order valence-electron chi connectivity index (χ1n) is 5.50. The third-order valence-electron chi connectivity index (χ3n) is 2.50. The van der Waals surface area contributed by atoms with Gasteiger partial charge in [-0.05, 0) is 42.3 Å². The summed E-state index contributed by atoms with van der Waals surface area (Å²) in [5.74, 6) is -0.216. The van der Waals surface area contributed by atoms with Gasteiger partial charge in [0.25, 0.3) is 0 Å². The van der Waals surface area contributed by atoms with Crippen LogP contribution in [0.4, 0.5) is 4.39 Å². The van der Waals surface area contributed by atoms with E-state index in [9.17, 15) is 4.39 Å². The summed E-state index contributed by atoms with van der Waals surface area (Å²) >= 11 is 0. The second-order valence-corrected chi connectivity index (χ2v) is 3.81. The number of halogens is 1. The first kappa shape index (κ1) is 10.8. The number of aromatic nitrogens is 1. The molecule has 2 heteroatoms. The van der Waals surface area contributed by atoms with Crippen LogP contribution in [0.2, 0.25) is 0 Å². The van der Waals surface area contributed by atoms with E-state index < -0.39 is 0 Å². The van der Waals surface area contributed by atoms with Crippen LogP contribution < -0.4 is 0 Å². The lowest BCUT2D eigenvalue weighted by atomic mass is 10.1. The summed E-state index contributed by atoms with van der Waals surface area (Å²) in [5, 5.41) is 0. The minimum absolute atomic E-state index is 0.216. The summed E-state index contributed by atoms with van der Waals surface area (Å²) < 4.78 is 12.7. The molecule has 1 aromatic carbocycles. The molecule has 0 aliphatic carbocycles. The number of aryl methyl sites for hydroxylation is 1. The van der Waals surface area contributed by atoms with E-state index in [0.717, 1.165) is 24.1 Å². The zero-order chi connectivity index (χ0) is 11.4. The molecule has 0 bridgehead atoms. The molecule has 2 aromatic rings. The van der Waals surface area contributed by atoms with Gasteiger partial charge in [0, 0.05) is 11.8 Å². The van der Waals surface area contributed by atoms with Gasteiger partial charge in [-0.1, -0.05) is 19.4 Å². The largest absolute Gasteiger partial charge is 0.256 e. The quantitative estimate of drug-likeness (QED) is 0.758. The Balaban J connectivity index is 2.24. The van der Waals surface area contributed by atoms with Crippen LogP contribution >= 0.6 is 0 Å². The van der Waals surface area contributed by atoms with Crippen molar-refractivity contribution in [1.29, 1.82) is 0 Å². The Labute approximate surface area is 95.0 Å². The number of rotatable bonds is 3. The lowest BCUT2D eigenvalue weighted by Gasteiger charge is -2.02. The molecule has 0 N–H and O–H groups in total. The van der Waals surface area contributed by atoms with Crippen molar-refractivity contribution in [3.63, 3.8) is 0 Å². The molecule has 0 fully saturated rings. The smallest absolute Gasteiger partial charge is 0.123 e. The van der Waals surface area contributed by atoms with Gasteiger partial charge >= 0.3 is 0 Å². The molecule has 0 aliphatic heterocycles. The molecule has 0 spiro atoms. The van der Waals surface area contributed by atoms with Gasteiger partial charge in [0.15, 0.2) is 0 Å². The molecule has 0 saturated heterocycles. The molecule has 1 heterocycles. The van der Waals surface area contributed by atoms with Crippen molar-refractivity contribution in [2.24, 2.45) is 0 Å². The summed E-state index contributed by atoms with van der Waals surface area (Å²) in [6.07, 6.45) is 4.07. The number of pyridine rings is 1. The summed E-state index contributed by atoms with van der Waals surface area (Å²) in [7, 11) is 0. The van der Waals surface area contributed by atoms with E-state index in [0.29, 0.717) is 0 Å². The second-order valence-electron chi connectivity index (χ2n) is 3.81. The molecule has 82 valence electrons. The zero-order valence-electron chi connectivity index (χ0n) is 9.28. The monoisotopic (exact) mass is 215 g/mol. The molecular weight excluding hydrogens is 201 g/mol. The van der Waals surface area contributed by atoms with Crippen molar-refractivity contribution in [2.45, 2.75) is 19.8 Å². The van der Waals surface area contributed by atoms with E-state index in [-0.39, 0.29) is 5.82 Å². The van der Waals surface area contributed by atoms with E-state index in [1.54, 1.807) is 12.1 Å². The highest BCUT2D eigenvalue weighted by Crippen LogP contribution is 2.17. The van der Waals surface area contributed by atoms with E-state index in [1.165, 1.54) is 17.7 Å². The SMILES string of the molecule is CCCc1ccc(-c2ccc(F)cc2)nc1. The predicted octanol–water partition coefficient (Wildman–Crippen LogP) is 3.84. The fourth-order valence-corrected chi connectivity index (χ4v) is 1.65. The van der Waals surface area contributed by atoms with Crippen molar-refractivity contribution in [3.05, 3.63) is 54.0 Å². The van der Waals surface area contributed by atoms with Gasteiger partial charge in [0.05, 0.1) is 5.69 Å². The Kier molecular flexibility index (Phi) is 3.30. The molecule has 0 unspecified atom stereocenters. The number of hydrogen-bond acceptors (Lipinski definition) is 1. The zero-order valence-corrected chi connectivity index (χ0v) is 9.28. The Morgan fingerprint density at radius 3 is 2.38 bits per heavy atom. The van der Waals surface area contributed by atoms with Crippen LogP contribution in [0.1, 0.15) is 18.9 Å². The molecule has 0 radical (unpaired) electrons. The van der Waals surface area contributed by atoms with Crippen molar-refractivity contribution >= 4 is 0 Å². The third kappa shape index (κ3) is 2.45. The highest BCUT2D eigenvalue weighted by molar-refractivity contribution is 5.58. The Morgan fingerprint density at radius 1 is 1.06 bits per heavy atom. The highest BCUT2D eigenvalue weighted by atomic mass is 19.1. The van der Waals surface area contributed by atoms with Crippen LogP contribution in [0.15, 0.2) is 42.6 Å². The number of benzene rings is 1. The average molecular weight is 215 g/mol. The standard InChI is InChI=1S/C14H14FN/c1-2-3-11-4-9-14(16-10-11)12-5-7-13(15)8-6-12/h4-10H,2-3H2,1H3. The van der Waals surface area contributed by atoms with Gasteiger partial charge in [0.1, 0.15) is 5.82 Å². The summed E-state index contributed by atoms with van der Waals surface area (Å²) in [6.45, 7) is 2.15. The fourth-order valence-electron chi connectivity index (χ4n) is 1.65.